The third-order valence-electron chi connectivity index (χ3n) is 5.29. The van der Waals surface area contributed by atoms with Gasteiger partial charge in [-0.2, -0.15) is 0 Å². The van der Waals surface area contributed by atoms with Crippen molar-refractivity contribution >= 4 is 11.0 Å². The third kappa shape index (κ3) is 3.25. The van der Waals surface area contributed by atoms with Gasteiger partial charge >= 0.3 is 0 Å². The molecule has 5 atom stereocenters. The van der Waals surface area contributed by atoms with Crippen LogP contribution in [0.1, 0.15) is 25.1 Å². The second kappa shape index (κ2) is 6.89. The quantitative estimate of drug-likeness (QED) is 0.840. The van der Waals surface area contributed by atoms with E-state index in [1.54, 1.807) is 11.5 Å². The molecule has 0 amide bonds. The molecule has 4 rings (SSSR count). The lowest BCUT2D eigenvalue weighted by molar-refractivity contribution is -0.237. The lowest BCUT2D eigenvalue weighted by Gasteiger charge is -2.26. The SMILES string of the molecule is CO[C@H]1O[C@H]([C@H](O)Cn2c(=O)c(C)nc3cc(C)ccc32)[C@@H]2OC(C)(C)O[C@H]12. The molecule has 0 unspecified atom stereocenters. The van der Waals surface area contributed by atoms with E-state index in [1.807, 2.05) is 39.0 Å². The van der Waals surface area contributed by atoms with Crippen molar-refractivity contribution in [2.45, 2.75) is 70.7 Å². The van der Waals surface area contributed by atoms with E-state index in [1.165, 1.54) is 7.11 Å². The van der Waals surface area contributed by atoms with Crippen LogP contribution in [0.15, 0.2) is 23.0 Å². The van der Waals surface area contributed by atoms with Crippen LogP contribution >= 0.6 is 0 Å². The van der Waals surface area contributed by atoms with E-state index in [0.717, 1.165) is 5.56 Å². The van der Waals surface area contributed by atoms with Crippen molar-refractivity contribution in [3.05, 3.63) is 39.8 Å². The van der Waals surface area contributed by atoms with Gasteiger partial charge in [0.25, 0.3) is 5.56 Å². The maximum atomic E-state index is 12.7. The average Bonchev–Trinajstić information content (AvgIpc) is 3.11. The molecule has 1 aromatic heterocycles. The number of aliphatic hydroxyl groups excluding tert-OH is 1. The van der Waals surface area contributed by atoms with Crippen LogP contribution in [-0.2, 0) is 25.5 Å². The monoisotopic (exact) mass is 390 g/mol. The Morgan fingerprint density at radius 1 is 1.29 bits per heavy atom. The van der Waals surface area contributed by atoms with Crippen molar-refractivity contribution < 1.29 is 24.1 Å². The Kier molecular flexibility index (Phi) is 4.79. The van der Waals surface area contributed by atoms with E-state index in [-0.39, 0.29) is 12.1 Å². The van der Waals surface area contributed by atoms with Crippen LogP contribution in [0, 0.1) is 13.8 Å². The van der Waals surface area contributed by atoms with Gasteiger partial charge in [0.2, 0.25) is 0 Å². The smallest absolute Gasteiger partial charge is 0.272 e. The molecule has 2 aliphatic heterocycles. The van der Waals surface area contributed by atoms with Crippen LogP contribution in [0.25, 0.3) is 11.0 Å². The summed E-state index contributed by atoms with van der Waals surface area (Å²) >= 11 is 0. The average molecular weight is 390 g/mol. The molecule has 2 saturated heterocycles. The highest BCUT2D eigenvalue weighted by Gasteiger charge is 2.57. The van der Waals surface area contributed by atoms with Gasteiger partial charge in [-0.3, -0.25) is 4.79 Å². The van der Waals surface area contributed by atoms with Crippen LogP contribution in [0.3, 0.4) is 0 Å². The minimum absolute atomic E-state index is 0.0515. The standard InChI is InChI=1S/C20H26N2O6/c1-10-6-7-13-12(8-10)21-11(2)18(24)22(13)9-14(23)15-16-17(19(25-5)26-15)28-20(3,4)27-16/h6-8,14-17,19,23H,9H2,1-5H3/t14-,15-,16+,17+,19+/m1/s1. The predicted molar refractivity (Wildman–Crippen MR) is 101 cm³/mol. The maximum Gasteiger partial charge on any atom is 0.272 e. The molecule has 28 heavy (non-hydrogen) atoms. The number of nitrogens with zero attached hydrogens (tertiary/aromatic N) is 2. The number of benzene rings is 1. The second-order valence-electron chi connectivity index (χ2n) is 7.94. The number of rotatable bonds is 4. The second-order valence-corrected chi connectivity index (χ2v) is 7.94. The number of methoxy groups -OCH3 is 1. The molecule has 3 heterocycles. The lowest BCUT2D eigenvalue weighted by Crippen LogP contribution is -2.42. The Balaban J connectivity index is 1.66. The van der Waals surface area contributed by atoms with Crippen LogP contribution in [0.4, 0.5) is 0 Å². The Morgan fingerprint density at radius 2 is 2.00 bits per heavy atom. The predicted octanol–water partition coefficient (Wildman–Crippen LogP) is 1.27. The minimum atomic E-state index is -0.992. The molecule has 2 aliphatic rings. The molecular formula is C20H26N2O6. The molecule has 2 aromatic rings. The number of aliphatic hydroxyl groups is 1. The zero-order valence-corrected chi connectivity index (χ0v) is 16.7. The summed E-state index contributed by atoms with van der Waals surface area (Å²) < 4.78 is 24.6. The van der Waals surface area contributed by atoms with E-state index in [0.29, 0.717) is 16.7 Å². The minimum Gasteiger partial charge on any atom is -0.388 e. The van der Waals surface area contributed by atoms with Gasteiger partial charge in [0, 0.05) is 7.11 Å². The summed E-state index contributed by atoms with van der Waals surface area (Å²) in [5.74, 6) is -0.790. The van der Waals surface area contributed by atoms with E-state index in [9.17, 15) is 9.90 Å². The maximum absolute atomic E-state index is 12.7. The summed E-state index contributed by atoms with van der Waals surface area (Å²) in [4.78, 5) is 17.1. The Hall–Kier alpha value is -1.84. The van der Waals surface area contributed by atoms with Crippen LogP contribution in [0.2, 0.25) is 0 Å². The first-order valence-electron chi connectivity index (χ1n) is 9.40. The Labute approximate surface area is 163 Å². The lowest BCUT2D eigenvalue weighted by atomic mass is 10.1. The molecule has 8 heteroatoms. The van der Waals surface area contributed by atoms with Crippen molar-refractivity contribution in [3.8, 4) is 0 Å². The highest BCUT2D eigenvalue weighted by atomic mass is 16.8. The van der Waals surface area contributed by atoms with Crippen molar-refractivity contribution in [1.82, 2.24) is 9.55 Å². The molecule has 0 saturated carbocycles. The summed E-state index contributed by atoms with van der Waals surface area (Å²) in [7, 11) is 1.53. The molecule has 2 fully saturated rings. The van der Waals surface area contributed by atoms with Crippen molar-refractivity contribution in [1.29, 1.82) is 0 Å². The highest BCUT2D eigenvalue weighted by Crippen LogP contribution is 2.40. The van der Waals surface area contributed by atoms with Crippen molar-refractivity contribution in [3.63, 3.8) is 0 Å². The van der Waals surface area contributed by atoms with Crippen LogP contribution in [-0.4, -0.2) is 58.3 Å². The third-order valence-corrected chi connectivity index (χ3v) is 5.29. The number of aryl methyl sites for hydroxylation is 2. The van der Waals surface area contributed by atoms with E-state index >= 15 is 0 Å². The van der Waals surface area contributed by atoms with E-state index in [2.05, 4.69) is 4.98 Å². The normalized spacial score (nSPS) is 29.9. The molecular weight excluding hydrogens is 364 g/mol. The van der Waals surface area contributed by atoms with Crippen LogP contribution < -0.4 is 5.56 Å². The van der Waals surface area contributed by atoms with Gasteiger partial charge in [0.05, 0.1) is 17.6 Å². The van der Waals surface area contributed by atoms with Gasteiger partial charge in [0.1, 0.15) is 30.1 Å². The largest absolute Gasteiger partial charge is 0.388 e. The summed E-state index contributed by atoms with van der Waals surface area (Å²) in [5, 5.41) is 11.0. The summed E-state index contributed by atoms with van der Waals surface area (Å²) in [6.45, 7) is 7.32. The first-order chi connectivity index (χ1) is 13.2. The van der Waals surface area contributed by atoms with E-state index < -0.39 is 36.5 Å². The molecule has 1 aromatic carbocycles. The van der Waals surface area contributed by atoms with Gasteiger partial charge in [-0.25, -0.2) is 4.98 Å². The molecule has 1 N–H and O–H groups in total. The Bertz CT molecular complexity index is 956. The number of ether oxygens (including phenoxy) is 4. The van der Waals surface area contributed by atoms with Gasteiger partial charge in [-0.05, 0) is 45.4 Å². The number of hydrogen-bond donors (Lipinski definition) is 1. The molecule has 0 spiro atoms. The first kappa shape index (κ1) is 19.5. The van der Waals surface area contributed by atoms with Gasteiger partial charge in [-0.1, -0.05) is 6.07 Å². The first-order valence-corrected chi connectivity index (χ1v) is 9.40. The summed E-state index contributed by atoms with van der Waals surface area (Å²) in [6, 6.07) is 5.69. The number of aromatic nitrogens is 2. The zero-order chi connectivity index (χ0) is 20.2. The molecule has 152 valence electrons. The Morgan fingerprint density at radius 3 is 2.71 bits per heavy atom. The number of hydrogen-bond acceptors (Lipinski definition) is 7. The molecule has 0 aliphatic carbocycles. The van der Waals surface area contributed by atoms with Crippen molar-refractivity contribution in [2.24, 2.45) is 0 Å². The summed E-state index contributed by atoms with van der Waals surface area (Å²) in [6.07, 6.45) is -3.23. The summed E-state index contributed by atoms with van der Waals surface area (Å²) in [5.41, 5.74) is 2.57. The van der Waals surface area contributed by atoms with Crippen molar-refractivity contribution in [2.75, 3.05) is 7.11 Å². The molecule has 8 nitrogen and oxygen atoms in total. The fourth-order valence-corrected chi connectivity index (χ4v) is 4.05. The molecule has 0 bridgehead atoms. The van der Waals surface area contributed by atoms with Crippen LogP contribution in [0.5, 0.6) is 0 Å². The van der Waals surface area contributed by atoms with Gasteiger partial charge in [-0.15, -0.1) is 0 Å². The topological polar surface area (TPSA) is 92.0 Å². The highest BCUT2D eigenvalue weighted by molar-refractivity contribution is 5.75. The zero-order valence-electron chi connectivity index (χ0n) is 16.7. The van der Waals surface area contributed by atoms with Gasteiger partial charge < -0.3 is 28.6 Å². The van der Waals surface area contributed by atoms with E-state index in [4.69, 9.17) is 18.9 Å². The fourth-order valence-electron chi connectivity index (χ4n) is 4.05. The van der Waals surface area contributed by atoms with Gasteiger partial charge in [0.15, 0.2) is 12.1 Å². The number of fused-ring (bicyclic) bond motifs is 2. The fraction of sp³-hybridized carbons (Fsp3) is 0.600. The molecule has 0 radical (unpaired) electrons.